The molecule has 0 saturated heterocycles. The number of benzene rings is 2. The zero-order valence-corrected chi connectivity index (χ0v) is 16.9. The number of methoxy groups -OCH3 is 1. The van der Waals surface area contributed by atoms with Crippen LogP contribution in [0.25, 0.3) is 0 Å². The lowest BCUT2D eigenvalue weighted by Gasteiger charge is -2.42. The van der Waals surface area contributed by atoms with E-state index < -0.39 is 5.60 Å². The van der Waals surface area contributed by atoms with E-state index in [0.717, 1.165) is 43.2 Å². The SMILES string of the molecule is COc1ccc([C@H]2CC(=O)Oc3ccc4c(c32)OC2(CCCCC2)CC4=O)cc1O. The molecule has 1 spiro atoms. The molecular formula is C24H24O6. The molecule has 3 aliphatic rings. The monoisotopic (exact) mass is 408 g/mol. The predicted molar refractivity (Wildman–Crippen MR) is 109 cm³/mol. The van der Waals surface area contributed by atoms with E-state index >= 15 is 0 Å². The van der Waals surface area contributed by atoms with Crippen LogP contribution in [0.4, 0.5) is 0 Å². The van der Waals surface area contributed by atoms with Gasteiger partial charge in [0.25, 0.3) is 0 Å². The lowest BCUT2D eigenvalue weighted by molar-refractivity contribution is -0.135. The average Bonchev–Trinajstić information content (AvgIpc) is 2.73. The molecule has 2 aromatic rings. The normalized spacial score (nSPS) is 22.0. The lowest BCUT2D eigenvalue weighted by atomic mass is 9.76. The van der Waals surface area contributed by atoms with Gasteiger partial charge in [-0.2, -0.15) is 0 Å². The van der Waals surface area contributed by atoms with Crippen LogP contribution in [0.3, 0.4) is 0 Å². The molecule has 1 saturated carbocycles. The van der Waals surface area contributed by atoms with Crippen molar-refractivity contribution in [2.45, 2.75) is 56.5 Å². The predicted octanol–water partition coefficient (Wildman–Crippen LogP) is 4.51. The Morgan fingerprint density at radius 3 is 2.63 bits per heavy atom. The second-order valence-electron chi connectivity index (χ2n) is 8.46. The first-order valence-electron chi connectivity index (χ1n) is 10.5. The van der Waals surface area contributed by atoms with E-state index in [1.165, 1.54) is 7.11 Å². The summed E-state index contributed by atoms with van der Waals surface area (Å²) < 4.78 is 17.3. The maximum atomic E-state index is 13.0. The Balaban J connectivity index is 1.65. The quantitative estimate of drug-likeness (QED) is 0.582. The van der Waals surface area contributed by atoms with Gasteiger partial charge in [-0.3, -0.25) is 9.59 Å². The van der Waals surface area contributed by atoms with Crippen LogP contribution in [0, 0.1) is 0 Å². The van der Waals surface area contributed by atoms with Crippen molar-refractivity contribution in [3.8, 4) is 23.0 Å². The molecule has 0 unspecified atom stereocenters. The summed E-state index contributed by atoms with van der Waals surface area (Å²) in [4.78, 5) is 25.4. The number of phenolic OH excluding ortho intramolecular Hbond substituents is 1. The molecule has 1 aliphatic carbocycles. The molecule has 0 bridgehead atoms. The second-order valence-corrected chi connectivity index (χ2v) is 8.46. The van der Waals surface area contributed by atoms with Gasteiger partial charge in [0, 0.05) is 11.5 Å². The molecule has 2 aliphatic heterocycles. The molecular weight excluding hydrogens is 384 g/mol. The van der Waals surface area contributed by atoms with Crippen LogP contribution >= 0.6 is 0 Å². The average molecular weight is 408 g/mol. The highest BCUT2D eigenvalue weighted by Crippen LogP contribution is 2.51. The number of phenols is 1. The molecule has 2 aromatic carbocycles. The van der Waals surface area contributed by atoms with E-state index in [9.17, 15) is 14.7 Å². The molecule has 0 aromatic heterocycles. The van der Waals surface area contributed by atoms with Crippen molar-refractivity contribution in [2.75, 3.05) is 7.11 Å². The number of hydrogen-bond donors (Lipinski definition) is 1. The van der Waals surface area contributed by atoms with Gasteiger partial charge in [-0.05, 0) is 55.5 Å². The van der Waals surface area contributed by atoms with E-state index in [-0.39, 0.29) is 29.8 Å². The number of carbonyl (C=O) groups excluding carboxylic acids is 2. The van der Waals surface area contributed by atoms with E-state index in [2.05, 4.69) is 0 Å². The summed E-state index contributed by atoms with van der Waals surface area (Å²) in [7, 11) is 1.49. The summed E-state index contributed by atoms with van der Waals surface area (Å²) in [5.41, 5.74) is 1.55. The van der Waals surface area contributed by atoms with E-state index in [1.807, 2.05) is 6.07 Å². The Kier molecular flexibility index (Phi) is 4.45. The summed E-state index contributed by atoms with van der Waals surface area (Å²) in [5, 5.41) is 10.3. The Labute approximate surface area is 174 Å². The van der Waals surface area contributed by atoms with Crippen LogP contribution in [0.15, 0.2) is 30.3 Å². The fraction of sp³-hybridized carbons (Fsp3) is 0.417. The maximum Gasteiger partial charge on any atom is 0.312 e. The van der Waals surface area contributed by atoms with E-state index in [1.54, 1.807) is 24.3 Å². The van der Waals surface area contributed by atoms with Crippen molar-refractivity contribution >= 4 is 11.8 Å². The number of ether oxygens (including phenoxy) is 3. The molecule has 30 heavy (non-hydrogen) atoms. The standard InChI is InChI=1S/C24H24O6/c1-28-19-7-5-14(11-17(19)25)16-12-21(27)29-20-8-6-15-18(26)13-24(9-3-2-4-10-24)30-23(15)22(16)20/h5-8,11,16,25H,2-4,9-10,12-13H2,1H3/t16-/m1/s1. The fourth-order valence-electron chi connectivity index (χ4n) is 5.09. The Hall–Kier alpha value is -3.02. The van der Waals surface area contributed by atoms with Gasteiger partial charge in [-0.1, -0.05) is 12.5 Å². The third-order valence-electron chi connectivity index (χ3n) is 6.57. The molecule has 1 atom stereocenters. The van der Waals surface area contributed by atoms with Gasteiger partial charge in [-0.15, -0.1) is 0 Å². The minimum Gasteiger partial charge on any atom is -0.504 e. The molecule has 0 amide bonds. The van der Waals surface area contributed by atoms with Crippen LogP contribution in [0.2, 0.25) is 0 Å². The highest BCUT2D eigenvalue weighted by molar-refractivity contribution is 6.01. The van der Waals surface area contributed by atoms with Crippen LogP contribution in [0.5, 0.6) is 23.0 Å². The number of aromatic hydroxyl groups is 1. The van der Waals surface area contributed by atoms with Crippen LogP contribution < -0.4 is 14.2 Å². The summed E-state index contributed by atoms with van der Waals surface area (Å²) in [5.74, 6) is 0.677. The van der Waals surface area contributed by atoms with E-state index in [4.69, 9.17) is 14.2 Å². The molecule has 156 valence electrons. The van der Waals surface area contributed by atoms with Gasteiger partial charge in [0.05, 0.1) is 25.5 Å². The van der Waals surface area contributed by atoms with Crippen molar-refractivity contribution in [3.63, 3.8) is 0 Å². The third kappa shape index (κ3) is 3.02. The highest BCUT2D eigenvalue weighted by atomic mass is 16.5. The van der Waals surface area contributed by atoms with Crippen molar-refractivity contribution in [3.05, 3.63) is 47.0 Å². The number of ketones is 1. The van der Waals surface area contributed by atoms with Crippen LogP contribution in [-0.4, -0.2) is 29.6 Å². The van der Waals surface area contributed by atoms with Gasteiger partial charge in [0.1, 0.15) is 17.1 Å². The van der Waals surface area contributed by atoms with Gasteiger partial charge < -0.3 is 19.3 Å². The largest absolute Gasteiger partial charge is 0.504 e. The zero-order chi connectivity index (χ0) is 20.9. The molecule has 1 fully saturated rings. The third-order valence-corrected chi connectivity index (χ3v) is 6.57. The Bertz CT molecular complexity index is 1030. The number of carbonyl (C=O) groups is 2. The van der Waals surface area contributed by atoms with Crippen molar-refractivity contribution < 1.29 is 28.9 Å². The molecule has 0 radical (unpaired) electrons. The first-order chi connectivity index (χ1) is 14.5. The van der Waals surface area contributed by atoms with Crippen LogP contribution in [-0.2, 0) is 4.79 Å². The summed E-state index contributed by atoms with van der Waals surface area (Å²) in [6.45, 7) is 0. The first-order valence-corrected chi connectivity index (χ1v) is 10.5. The molecule has 6 nitrogen and oxygen atoms in total. The number of fused-ring (bicyclic) bond motifs is 3. The van der Waals surface area contributed by atoms with Gasteiger partial charge in [-0.25, -0.2) is 0 Å². The van der Waals surface area contributed by atoms with Gasteiger partial charge in [0.15, 0.2) is 17.3 Å². The minimum atomic E-state index is -0.467. The van der Waals surface area contributed by atoms with Gasteiger partial charge in [0.2, 0.25) is 0 Å². The van der Waals surface area contributed by atoms with Crippen molar-refractivity contribution in [2.24, 2.45) is 0 Å². The molecule has 6 heteroatoms. The van der Waals surface area contributed by atoms with Gasteiger partial charge >= 0.3 is 5.97 Å². The fourth-order valence-corrected chi connectivity index (χ4v) is 5.09. The van der Waals surface area contributed by atoms with Crippen LogP contribution in [0.1, 0.15) is 72.3 Å². The van der Waals surface area contributed by atoms with E-state index in [0.29, 0.717) is 29.2 Å². The minimum absolute atomic E-state index is 0.000958. The lowest BCUT2D eigenvalue weighted by Crippen LogP contribution is -2.44. The molecule has 5 rings (SSSR count). The number of Topliss-reactive ketones (excluding diaryl/α,β-unsaturated/α-hetero) is 1. The first kappa shape index (κ1) is 19.0. The number of esters is 1. The number of hydrogen-bond acceptors (Lipinski definition) is 6. The Morgan fingerprint density at radius 2 is 1.90 bits per heavy atom. The molecule has 2 heterocycles. The smallest absolute Gasteiger partial charge is 0.312 e. The van der Waals surface area contributed by atoms with Crippen molar-refractivity contribution in [1.82, 2.24) is 0 Å². The zero-order valence-electron chi connectivity index (χ0n) is 16.9. The molecule has 1 N–H and O–H groups in total. The maximum absolute atomic E-state index is 13.0. The summed E-state index contributed by atoms with van der Waals surface area (Å²) in [6, 6.07) is 8.49. The summed E-state index contributed by atoms with van der Waals surface area (Å²) in [6.07, 6.45) is 5.47. The highest BCUT2D eigenvalue weighted by Gasteiger charge is 2.44. The number of rotatable bonds is 2. The Morgan fingerprint density at radius 1 is 1.10 bits per heavy atom. The topological polar surface area (TPSA) is 82.1 Å². The summed E-state index contributed by atoms with van der Waals surface area (Å²) >= 11 is 0. The second kappa shape index (κ2) is 7.04. The van der Waals surface area contributed by atoms with Crippen molar-refractivity contribution in [1.29, 1.82) is 0 Å².